The fraction of sp³-hybridized carbons (Fsp3) is 0.818. The van der Waals surface area contributed by atoms with E-state index in [2.05, 4.69) is 5.32 Å². The van der Waals surface area contributed by atoms with Gasteiger partial charge in [-0.3, -0.25) is 9.69 Å². The van der Waals surface area contributed by atoms with E-state index in [1.165, 1.54) is 14.1 Å². The van der Waals surface area contributed by atoms with E-state index in [1.54, 1.807) is 9.80 Å². The van der Waals surface area contributed by atoms with Gasteiger partial charge >= 0.3 is 12.0 Å². The Bertz CT molecular complexity index is 471. The largest absolute Gasteiger partial charge is 0.480 e. The Balaban J connectivity index is 2.30. The SMILES string of the molecule is CN(C)S(=O)(=O)CCNC(=O)N1CCN(CC(=O)O)CC1. The van der Waals surface area contributed by atoms with E-state index in [9.17, 15) is 18.0 Å². The van der Waals surface area contributed by atoms with Crippen molar-refractivity contribution in [2.45, 2.75) is 0 Å². The van der Waals surface area contributed by atoms with Crippen LogP contribution in [0.25, 0.3) is 0 Å². The molecular formula is C11H22N4O5S. The van der Waals surface area contributed by atoms with Crippen LogP contribution >= 0.6 is 0 Å². The van der Waals surface area contributed by atoms with Gasteiger partial charge in [0, 0.05) is 46.8 Å². The molecule has 1 saturated heterocycles. The molecule has 1 rings (SSSR count). The van der Waals surface area contributed by atoms with Crippen molar-refractivity contribution in [1.29, 1.82) is 0 Å². The van der Waals surface area contributed by atoms with E-state index in [0.29, 0.717) is 26.2 Å². The smallest absolute Gasteiger partial charge is 0.317 e. The lowest BCUT2D eigenvalue weighted by atomic mass is 10.3. The normalized spacial score (nSPS) is 17.0. The highest BCUT2D eigenvalue weighted by atomic mass is 32.2. The first-order chi connectivity index (χ1) is 9.72. The van der Waals surface area contributed by atoms with Gasteiger partial charge in [0.05, 0.1) is 12.3 Å². The molecule has 10 heteroatoms. The molecule has 21 heavy (non-hydrogen) atoms. The third kappa shape index (κ3) is 5.86. The molecule has 1 fully saturated rings. The molecule has 0 atom stereocenters. The number of nitrogens with zero attached hydrogens (tertiary/aromatic N) is 3. The highest BCUT2D eigenvalue weighted by molar-refractivity contribution is 7.89. The summed E-state index contributed by atoms with van der Waals surface area (Å²) in [5.41, 5.74) is 0. The topological polar surface area (TPSA) is 110 Å². The van der Waals surface area contributed by atoms with Crippen molar-refractivity contribution in [3.63, 3.8) is 0 Å². The maximum absolute atomic E-state index is 11.9. The van der Waals surface area contributed by atoms with Gasteiger partial charge in [-0.25, -0.2) is 17.5 Å². The molecule has 0 saturated carbocycles. The van der Waals surface area contributed by atoms with Crippen LogP contribution in [-0.4, -0.2) is 98.7 Å². The Morgan fingerprint density at radius 2 is 1.76 bits per heavy atom. The Labute approximate surface area is 124 Å². The van der Waals surface area contributed by atoms with Gasteiger partial charge in [-0.05, 0) is 0 Å². The molecule has 0 bridgehead atoms. The summed E-state index contributed by atoms with van der Waals surface area (Å²) >= 11 is 0. The number of piperazine rings is 1. The number of aliphatic carboxylic acids is 1. The number of amides is 2. The lowest BCUT2D eigenvalue weighted by Gasteiger charge is -2.33. The van der Waals surface area contributed by atoms with Gasteiger partial charge in [0.15, 0.2) is 0 Å². The Morgan fingerprint density at radius 3 is 2.24 bits per heavy atom. The van der Waals surface area contributed by atoms with Gasteiger partial charge < -0.3 is 15.3 Å². The molecule has 2 amide bonds. The average Bonchev–Trinajstić information content (AvgIpc) is 2.38. The summed E-state index contributed by atoms with van der Waals surface area (Å²) in [6, 6.07) is -0.320. The second-order valence-corrected chi connectivity index (χ2v) is 7.29. The van der Waals surface area contributed by atoms with Crippen LogP contribution in [0.15, 0.2) is 0 Å². The molecule has 0 aromatic carbocycles. The predicted octanol–water partition coefficient (Wildman–Crippen LogP) is -1.71. The minimum absolute atomic E-state index is 0.0312. The van der Waals surface area contributed by atoms with Crippen LogP contribution < -0.4 is 5.32 Å². The number of sulfonamides is 1. The van der Waals surface area contributed by atoms with E-state index in [0.717, 1.165) is 4.31 Å². The first-order valence-electron chi connectivity index (χ1n) is 6.59. The molecule has 0 aromatic rings. The lowest BCUT2D eigenvalue weighted by Crippen LogP contribution is -2.53. The molecule has 2 N–H and O–H groups in total. The quantitative estimate of drug-likeness (QED) is 0.602. The van der Waals surface area contributed by atoms with Gasteiger partial charge in [0.25, 0.3) is 0 Å². The zero-order valence-corrected chi connectivity index (χ0v) is 13.1. The van der Waals surface area contributed by atoms with Gasteiger partial charge in [0.2, 0.25) is 10.0 Å². The summed E-state index contributed by atoms with van der Waals surface area (Å²) in [5.74, 6) is -1.04. The zero-order valence-electron chi connectivity index (χ0n) is 12.3. The molecule has 0 unspecified atom stereocenters. The Morgan fingerprint density at radius 1 is 1.19 bits per heavy atom. The number of rotatable bonds is 6. The van der Waals surface area contributed by atoms with Gasteiger partial charge in [-0.2, -0.15) is 0 Å². The highest BCUT2D eigenvalue weighted by Gasteiger charge is 2.22. The molecule has 1 aliphatic rings. The van der Waals surface area contributed by atoms with Crippen molar-refractivity contribution in [1.82, 2.24) is 19.4 Å². The Hall–Kier alpha value is -1.39. The number of hydrogen-bond donors (Lipinski definition) is 2. The number of nitrogens with one attached hydrogen (secondary N) is 1. The number of carbonyl (C=O) groups is 2. The van der Waals surface area contributed by atoms with E-state index < -0.39 is 16.0 Å². The predicted molar refractivity (Wildman–Crippen MR) is 76.5 cm³/mol. The number of urea groups is 1. The minimum Gasteiger partial charge on any atom is -0.480 e. The standard InChI is InChI=1S/C11H22N4O5S/c1-13(2)21(19,20)8-3-12-11(18)15-6-4-14(5-7-15)9-10(16)17/h3-9H2,1-2H3,(H,12,18)(H,16,17). The van der Waals surface area contributed by atoms with Crippen LogP contribution in [0.1, 0.15) is 0 Å². The van der Waals surface area contributed by atoms with Crippen LogP contribution in [-0.2, 0) is 14.8 Å². The second-order valence-electron chi connectivity index (χ2n) is 4.99. The zero-order chi connectivity index (χ0) is 16.0. The first kappa shape index (κ1) is 17.7. The molecule has 0 aromatic heterocycles. The van der Waals surface area contributed by atoms with E-state index in [4.69, 9.17) is 5.11 Å². The van der Waals surface area contributed by atoms with Crippen molar-refractivity contribution >= 4 is 22.0 Å². The fourth-order valence-corrected chi connectivity index (χ4v) is 2.61. The average molecular weight is 322 g/mol. The van der Waals surface area contributed by atoms with Crippen molar-refractivity contribution in [3.8, 4) is 0 Å². The summed E-state index contributed by atoms with van der Waals surface area (Å²) in [4.78, 5) is 25.7. The van der Waals surface area contributed by atoms with Gasteiger partial charge in [-0.1, -0.05) is 0 Å². The monoisotopic (exact) mass is 322 g/mol. The lowest BCUT2D eigenvalue weighted by molar-refractivity contribution is -0.138. The Kier molecular flexibility index (Phi) is 6.37. The summed E-state index contributed by atoms with van der Waals surface area (Å²) in [6.45, 7) is 1.87. The van der Waals surface area contributed by atoms with Crippen molar-refractivity contribution in [3.05, 3.63) is 0 Å². The third-order valence-corrected chi connectivity index (χ3v) is 5.04. The van der Waals surface area contributed by atoms with Gasteiger partial charge in [0.1, 0.15) is 0 Å². The number of carbonyl (C=O) groups excluding carboxylic acids is 1. The summed E-state index contributed by atoms with van der Waals surface area (Å²) in [7, 11) is -0.434. The number of carboxylic acids is 1. The van der Waals surface area contributed by atoms with Crippen LogP contribution in [0.3, 0.4) is 0 Å². The number of hydrogen-bond acceptors (Lipinski definition) is 5. The summed E-state index contributed by atoms with van der Waals surface area (Å²) in [5, 5.41) is 11.2. The van der Waals surface area contributed by atoms with Crippen LogP contribution in [0.4, 0.5) is 4.79 Å². The van der Waals surface area contributed by atoms with Crippen molar-refractivity contribution in [2.24, 2.45) is 0 Å². The fourth-order valence-electron chi connectivity index (χ4n) is 1.88. The van der Waals surface area contributed by atoms with Crippen LogP contribution in [0.2, 0.25) is 0 Å². The summed E-state index contributed by atoms with van der Waals surface area (Å²) < 4.78 is 24.2. The molecule has 9 nitrogen and oxygen atoms in total. The maximum atomic E-state index is 11.9. The third-order valence-electron chi connectivity index (χ3n) is 3.21. The highest BCUT2D eigenvalue weighted by Crippen LogP contribution is 2.01. The molecule has 0 radical (unpaired) electrons. The van der Waals surface area contributed by atoms with Crippen molar-refractivity contribution in [2.75, 3.05) is 59.1 Å². The van der Waals surface area contributed by atoms with Crippen LogP contribution in [0, 0.1) is 0 Å². The van der Waals surface area contributed by atoms with Gasteiger partial charge in [-0.15, -0.1) is 0 Å². The minimum atomic E-state index is -3.32. The first-order valence-corrected chi connectivity index (χ1v) is 8.20. The molecule has 0 spiro atoms. The maximum Gasteiger partial charge on any atom is 0.317 e. The molecule has 122 valence electrons. The van der Waals surface area contributed by atoms with Crippen molar-refractivity contribution < 1.29 is 23.1 Å². The van der Waals surface area contributed by atoms with E-state index in [-0.39, 0.29) is 24.9 Å². The van der Waals surface area contributed by atoms with E-state index in [1.807, 2.05) is 0 Å². The number of carboxylic acid groups (broad SMARTS) is 1. The van der Waals surface area contributed by atoms with E-state index >= 15 is 0 Å². The molecule has 0 aliphatic carbocycles. The van der Waals surface area contributed by atoms with Crippen LogP contribution in [0.5, 0.6) is 0 Å². The second kappa shape index (κ2) is 7.57. The summed E-state index contributed by atoms with van der Waals surface area (Å²) in [6.07, 6.45) is 0. The molecule has 1 heterocycles. The molecular weight excluding hydrogens is 300 g/mol. The molecule has 1 aliphatic heterocycles.